The van der Waals surface area contributed by atoms with Gasteiger partial charge in [-0.05, 0) is 84.6 Å². The molecule has 0 bridgehead atoms. The lowest BCUT2D eigenvalue weighted by atomic mass is 9.51. The summed E-state index contributed by atoms with van der Waals surface area (Å²) in [7, 11) is 0. The maximum Gasteiger partial charge on any atom is 0.251 e. The molecule has 1 aromatic carbocycles. The highest BCUT2D eigenvalue weighted by atomic mass is 32.1. The number of carbonyl (C=O) groups excluding carboxylic acids is 2. The van der Waals surface area contributed by atoms with Crippen LogP contribution in [-0.4, -0.2) is 29.1 Å². The second kappa shape index (κ2) is 10.5. The Bertz CT molecular complexity index is 1080. The standard InChI is InChI=1S/C28H35N3O3S/c1-17(26(33)30-16-21-5-4-14-35-21)22-10-12-28(3)13-11-23(18(2)24(28)25(22)32)31-27(34)20-8-6-19(15-29)7-9-20/h4-9,14,17-18,22-25,32H,10-13,16H2,1-3H3,(H,30,33)(H,31,34)/t17-,18+,22-,23-,24+,25-,28-/m0/s1. The van der Waals surface area contributed by atoms with Gasteiger partial charge >= 0.3 is 0 Å². The van der Waals surface area contributed by atoms with Crippen LogP contribution in [-0.2, 0) is 11.3 Å². The molecular weight excluding hydrogens is 458 g/mol. The molecule has 7 atom stereocenters. The molecule has 2 fully saturated rings. The number of nitrogens with zero attached hydrogens (tertiary/aromatic N) is 1. The van der Waals surface area contributed by atoms with E-state index in [0.717, 1.165) is 30.6 Å². The Kier molecular flexibility index (Phi) is 7.63. The molecule has 1 aromatic heterocycles. The number of thiophene rings is 1. The van der Waals surface area contributed by atoms with Gasteiger partial charge in [0.15, 0.2) is 0 Å². The van der Waals surface area contributed by atoms with Crippen LogP contribution in [0.1, 0.15) is 67.3 Å². The van der Waals surface area contributed by atoms with Crippen molar-refractivity contribution in [1.29, 1.82) is 5.26 Å². The highest BCUT2D eigenvalue weighted by molar-refractivity contribution is 7.09. The molecule has 2 saturated carbocycles. The summed E-state index contributed by atoms with van der Waals surface area (Å²) < 4.78 is 0. The summed E-state index contributed by atoms with van der Waals surface area (Å²) in [6, 6.07) is 12.6. The lowest BCUT2D eigenvalue weighted by Gasteiger charge is -2.56. The summed E-state index contributed by atoms with van der Waals surface area (Å²) >= 11 is 1.62. The molecule has 35 heavy (non-hydrogen) atoms. The number of hydrogen-bond acceptors (Lipinski definition) is 5. The Morgan fingerprint density at radius 1 is 1.23 bits per heavy atom. The van der Waals surface area contributed by atoms with Gasteiger partial charge in [0.2, 0.25) is 5.91 Å². The Labute approximate surface area is 211 Å². The van der Waals surface area contributed by atoms with Crippen molar-refractivity contribution in [1.82, 2.24) is 10.6 Å². The van der Waals surface area contributed by atoms with Crippen LogP contribution in [0, 0.1) is 40.4 Å². The number of rotatable bonds is 6. The molecular formula is C28H35N3O3S. The van der Waals surface area contributed by atoms with Gasteiger partial charge < -0.3 is 15.7 Å². The molecule has 0 radical (unpaired) electrons. The van der Waals surface area contributed by atoms with Crippen LogP contribution in [0.4, 0.5) is 0 Å². The fourth-order valence-corrected chi connectivity index (χ4v) is 7.03. The normalized spacial score (nSPS) is 31.0. The van der Waals surface area contributed by atoms with Crippen molar-refractivity contribution in [3.8, 4) is 6.07 Å². The van der Waals surface area contributed by atoms with E-state index < -0.39 is 6.10 Å². The van der Waals surface area contributed by atoms with Crippen molar-refractivity contribution in [3.63, 3.8) is 0 Å². The summed E-state index contributed by atoms with van der Waals surface area (Å²) in [5.41, 5.74) is 1.05. The largest absolute Gasteiger partial charge is 0.392 e. The summed E-state index contributed by atoms with van der Waals surface area (Å²) in [5, 5.41) is 28.8. The average molecular weight is 494 g/mol. The van der Waals surface area contributed by atoms with Gasteiger partial charge in [-0.25, -0.2) is 0 Å². The molecule has 6 nitrogen and oxygen atoms in total. The molecule has 2 amide bonds. The molecule has 3 N–H and O–H groups in total. The van der Waals surface area contributed by atoms with Crippen LogP contribution in [0.25, 0.3) is 0 Å². The van der Waals surface area contributed by atoms with Gasteiger partial charge in [0.25, 0.3) is 5.91 Å². The van der Waals surface area contributed by atoms with E-state index >= 15 is 0 Å². The number of benzene rings is 1. The minimum Gasteiger partial charge on any atom is -0.392 e. The zero-order valence-electron chi connectivity index (χ0n) is 20.7. The monoisotopic (exact) mass is 493 g/mol. The molecule has 186 valence electrons. The van der Waals surface area contributed by atoms with Gasteiger partial charge in [0.05, 0.1) is 24.3 Å². The Morgan fingerprint density at radius 3 is 2.60 bits per heavy atom. The second-order valence-corrected chi connectivity index (χ2v) is 11.7. The summed E-state index contributed by atoms with van der Waals surface area (Å²) in [6.45, 7) is 6.83. The van der Waals surface area contributed by atoms with Crippen molar-refractivity contribution >= 4 is 23.2 Å². The fraction of sp³-hybridized carbons (Fsp3) is 0.536. The zero-order chi connectivity index (χ0) is 25.2. The van der Waals surface area contributed by atoms with Gasteiger partial charge in [-0.15, -0.1) is 11.3 Å². The highest BCUT2D eigenvalue weighted by Crippen LogP contribution is 2.55. The van der Waals surface area contributed by atoms with Crippen molar-refractivity contribution in [2.75, 3.05) is 0 Å². The maximum atomic E-state index is 12.9. The van der Waals surface area contributed by atoms with Crippen LogP contribution in [0.3, 0.4) is 0 Å². The van der Waals surface area contributed by atoms with Crippen LogP contribution in [0.2, 0.25) is 0 Å². The van der Waals surface area contributed by atoms with Crippen LogP contribution < -0.4 is 10.6 Å². The fourth-order valence-electron chi connectivity index (χ4n) is 6.39. The first kappa shape index (κ1) is 25.4. The number of aliphatic hydroxyl groups excluding tert-OH is 1. The van der Waals surface area contributed by atoms with E-state index in [4.69, 9.17) is 5.26 Å². The van der Waals surface area contributed by atoms with Crippen LogP contribution in [0.15, 0.2) is 41.8 Å². The summed E-state index contributed by atoms with van der Waals surface area (Å²) in [4.78, 5) is 26.9. The molecule has 2 aliphatic rings. The quantitative estimate of drug-likeness (QED) is 0.552. The first-order valence-corrected chi connectivity index (χ1v) is 13.4. The SMILES string of the molecule is C[C@H]1[C@@H]2[C@@H](O)[C@H]([C@H](C)C(=O)NCc3cccs3)CC[C@@]2(C)CC[C@@H]1NC(=O)c1ccc(C#N)cc1. The number of nitrogens with one attached hydrogen (secondary N) is 2. The van der Waals surface area contributed by atoms with Gasteiger partial charge in [-0.1, -0.05) is 26.8 Å². The number of fused-ring (bicyclic) bond motifs is 1. The minimum atomic E-state index is -0.596. The van der Waals surface area contributed by atoms with E-state index in [1.54, 1.807) is 35.6 Å². The van der Waals surface area contributed by atoms with E-state index in [-0.39, 0.29) is 46.9 Å². The molecule has 1 heterocycles. The predicted octanol–water partition coefficient (Wildman–Crippen LogP) is 4.49. The van der Waals surface area contributed by atoms with E-state index in [0.29, 0.717) is 17.7 Å². The third kappa shape index (κ3) is 5.29. The van der Waals surface area contributed by atoms with Crippen molar-refractivity contribution < 1.29 is 14.7 Å². The summed E-state index contributed by atoms with van der Waals surface area (Å²) in [6.07, 6.45) is 3.01. The molecule has 4 rings (SSSR count). The van der Waals surface area contributed by atoms with E-state index in [2.05, 4.69) is 30.6 Å². The molecule has 0 unspecified atom stereocenters. The molecule has 2 aliphatic carbocycles. The van der Waals surface area contributed by atoms with Gasteiger partial charge in [-0.2, -0.15) is 5.26 Å². The predicted molar refractivity (Wildman–Crippen MR) is 136 cm³/mol. The number of hydrogen-bond donors (Lipinski definition) is 3. The smallest absolute Gasteiger partial charge is 0.251 e. The zero-order valence-corrected chi connectivity index (χ0v) is 21.5. The highest BCUT2D eigenvalue weighted by Gasteiger charge is 2.53. The third-order valence-corrected chi connectivity index (χ3v) is 9.43. The van der Waals surface area contributed by atoms with E-state index in [1.165, 1.54) is 0 Å². The average Bonchev–Trinajstić information content (AvgIpc) is 3.38. The minimum absolute atomic E-state index is 0.00182. The molecule has 7 heteroatoms. The maximum absolute atomic E-state index is 12.9. The number of aliphatic hydroxyl groups is 1. The van der Waals surface area contributed by atoms with Crippen molar-refractivity contribution in [2.45, 2.75) is 65.1 Å². The summed E-state index contributed by atoms with van der Waals surface area (Å²) in [5.74, 6) is -0.468. The second-order valence-electron chi connectivity index (χ2n) is 10.6. The lowest BCUT2D eigenvalue weighted by molar-refractivity contribution is -0.142. The van der Waals surface area contributed by atoms with Crippen molar-refractivity contribution in [2.24, 2.45) is 29.1 Å². The van der Waals surface area contributed by atoms with E-state index in [9.17, 15) is 14.7 Å². The van der Waals surface area contributed by atoms with Crippen LogP contribution >= 0.6 is 11.3 Å². The number of nitriles is 1. The third-order valence-electron chi connectivity index (χ3n) is 8.55. The van der Waals surface area contributed by atoms with Crippen molar-refractivity contribution in [3.05, 3.63) is 57.8 Å². The first-order valence-electron chi connectivity index (χ1n) is 12.5. The topological polar surface area (TPSA) is 102 Å². The van der Waals surface area contributed by atoms with Crippen LogP contribution in [0.5, 0.6) is 0 Å². The lowest BCUT2D eigenvalue weighted by Crippen LogP contribution is -2.58. The molecule has 0 aliphatic heterocycles. The van der Waals surface area contributed by atoms with E-state index in [1.807, 2.05) is 24.4 Å². The number of amides is 2. The molecule has 0 saturated heterocycles. The first-order chi connectivity index (χ1) is 16.7. The Balaban J connectivity index is 1.42. The van der Waals surface area contributed by atoms with Gasteiger partial charge in [-0.3, -0.25) is 9.59 Å². The Morgan fingerprint density at radius 2 is 1.94 bits per heavy atom. The van der Waals surface area contributed by atoms with Gasteiger partial charge in [0.1, 0.15) is 0 Å². The molecule has 2 aromatic rings. The number of carbonyl (C=O) groups is 2. The Hall–Kier alpha value is -2.69. The van der Waals surface area contributed by atoms with Gasteiger partial charge in [0, 0.05) is 22.4 Å². The molecule has 0 spiro atoms.